The third kappa shape index (κ3) is 3.10. The number of rotatable bonds is 4. The van der Waals surface area contributed by atoms with Crippen molar-refractivity contribution in [2.24, 2.45) is 7.05 Å². The summed E-state index contributed by atoms with van der Waals surface area (Å²) in [5, 5.41) is 6.93. The van der Waals surface area contributed by atoms with E-state index in [0.29, 0.717) is 11.4 Å². The van der Waals surface area contributed by atoms with Crippen molar-refractivity contribution >= 4 is 11.8 Å². The average molecular weight is 302 g/mol. The van der Waals surface area contributed by atoms with Gasteiger partial charge in [0, 0.05) is 30.9 Å². The molecule has 2 aromatic rings. The first-order valence-electron chi connectivity index (χ1n) is 7.44. The molecule has 1 aromatic carbocycles. The summed E-state index contributed by atoms with van der Waals surface area (Å²) in [6.07, 6.45) is 4.80. The number of nitrogens with one attached hydrogen (secondary N) is 1. The van der Waals surface area contributed by atoms with E-state index in [-0.39, 0.29) is 24.4 Å². The number of halogens is 1. The first-order valence-corrected chi connectivity index (χ1v) is 7.44. The molecule has 0 atom stereocenters. The van der Waals surface area contributed by atoms with E-state index in [4.69, 9.17) is 0 Å². The van der Waals surface area contributed by atoms with Crippen LogP contribution in [0.3, 0.4) is 0 Å². The Labute approximate surface area is 128 Å². The molecular formula is C16H19FN4O. The molecule has 1 N–H and O–H groups in total. The molecule has 6 heteroatoms. The number of carbonyl (C=O) groups excluding carboxylic acids is 1. The number of aryl methyl sites for hydroxylation is 1. The Hall–Kier alpha value is -2.37. The largest absolute Gasteiger partial charge is 0.323 e. The summed E-state index contributed by atoms with van der Waals surface area (Å²) in [6, 6.07) is 8.25. The van der Waals surface area contributed by atoms with E-state index in [1.54, 1.807) is 47.1 Å². The molecule has 5 nitrogen and oxygen atoms in total. The Bertz CT molecular complexity index is 666. The van der Waals surface area contributed by atoms with Crippen LogP contribution in [-0.4, -0.2) is 26.8 Å². The Balaban J connectivity index is 1.74. The number of carbonyl (C=O) groups is 1. The third-order valence-corrected chi connectivity index (χ3v) is 4.02. The zero-order valence-electron chi connectivity index (χ0n) is 12.5. The average Bonchev–Trinajstić information content (AvgIpc) is 2.83. The zero-order valence-corrected chi connectivity index (χ0v) is 12.5. The quantitative estimate of drug-likeness (QED) is 0.943. The van der Waals surface area contributed by atoms with Crippen molar-refractivity contribution in [2.45, 2.75) is 31.8 Å². The number of anilines is 1. The first-order chi connectivity index (χ1) is 10.6. The van der Waals surface area contributed by atoms with E-state index < -0.39 is 0 Å². The monoisotopic (exact) mass is 302 g/mol. The molecule has 1 aromatic heterocycles. The van der Waals surface area contributed by atoms with Gasteiger partial charge in [0.05, 0.1) is 6.54 Å². The van der Waals surface area contributed by atoms with Crippen LogP contribution >= 0.6 is 0 Å². The van der Waals surface area contributed by atoms with Crippen molar-refractivity contribution < 1.29 is 9.18 Å². The third-order valence-electron chi connectivity index (χ3n) is 4.02. The first kappa shape index (κ1) is 14.6. The molecule has 1 aliphatic rings. The normalized spacial score (nSPS) is 14.5. The molecule has 1 fully saturated rings. The molecule has 0 unspecified atom stereocenters. The van der Waals surface area contributed by atoms with Gasteiger partial charge in [-0.3, -0.25) is 10.00 Å². The van der Waals surface area contributed by atoms with Crippen LogP contribution in [0.2, 0.25) is 0 Å². The van der Waals surface area contributed by atoms with E-state index in [2.05, 4.69) is 10.4 Å². The van der Waals surface area contributed by atoms with E-state index in [9.17, 15) is 9.18 Å². The van der Waals surface area contributed by atoms with Crippen molar-refractivity contribution in [3.05, 3.63) is 47.9 Å². The molecule has 0 spiro atoms. The summed E-state index contributed by atoms with van der Waals surface area (Å²) in [4.78, 5) is 14.2. The lowest BCUT2D eigenvalue weighted by molar-refractivity contribution is 0.142. The molecule has 2 amide bonds. The number of urea groups is 1. The molecule has 0 saturated heterocycles. The van der Waals surface area contributed by atoms with Gasteiger partial charge >= 0.3 is 6.03 Å². The number of amides is 2. The van der Waals surface area contributed by atoms with Crippen LogP contribution in [0.25, 0.3) is 0 Å². The second-order valence-electron chi connectivity index (χ2n) is 5.61. The van der Waals surface area contributed by atoms with Gasteiger partial charge in [0.15, 0.2) is 5.82 Å². The maximum Gasteiger partial charge on any atom is 0.323 e. The summed E-state index contributed by atoms with van der Waals surface area (Å²) >= 11 is 0. The lowest BCUT2D eigenvalue weighted by atomic mass is 9.91. The van der Waals surface area contributed by atoms with Gasteiger partial charge in [0.25, 0.3) is 0 Å². The molecule has 0 aliphatic heterocycles. The molecule has 116 valence electrons. The topological polar surface area (TPSA) is 50.2 Å². The van der Waals surface area contributed by atoms with Crippen molar-refractivity contribution in [3.63, 3.8) is 0 Å². The Kier molecular flexibility index (Phi) is 4.09. The highest BCUT2D eigenvalue weighted by Gasteiger charge is 2.29. The number of hydrogen-bond acceptors (Lipinski definition) is 2. The molecule has 1 aliphatic carbocycles. The van der Waals surface area contributed by atoms with Crippen molar-refractivity contribution in [1.29, 1.82) is 0 Å². The highest BCUT2D eigenvalue weighted by Crippen LogP contribution is 2.27. The van der Waals surface area contributed by atoms with E-state index in [0.717, 1.165) is 19.3 Å². The highest BCUT2D eigenvalue weighted by atomic mass is 19.1. The minimum absolute atomic E-state index is 0.170. The second-order valence-corrected chi connectivity index (χ2v) is 5.61. The number of hydrogen-bond donors (Lipinski definition) is 1. The van der Waals surface area contributed by atoms with E-state index >= 15 is 0 Å². The van der Waals surface area contributed by atoms with Gasteiger partial charge in [-0.1, -0.05) is 18.2 Å². The van der Waals surface area contributed by atoms with Gasteiger partial charge < -0.3 is 4.90 Å². The van der Waals surface area contributed by atoms with Crippen molar-refractivity contribution in [1.82, 2.24) is 14.7 Å². The Morgan fingerprint density at radius 1 is 1.41 bits per heavy atom. The number of nitrogens with zero attached hydrogens (tertiary/aromatic N) is 3. The van der Waals surface area contributed by atoms with Gasteiger partial charge in [-0.15, -0.1) is 0 Å². The maximum atomic E-state index is 13.9. The maximum absolute atomic E-state index is 13.9. The molecular weight excluding hydrogens is 283 g/mol. The Morgan fingerprint density at radius 2 is 2.18 bits per heavy atom. The summed E-state index contributed by atoms with van der Waals surface area (Å²) in [7, 11) is 1.79. The minimum Gasteiger partial charge on any atom is -0.317 e. The molecule has 1 heterocycles. The van der Waals surface area contributed by atoms with Crippen molar-refractivity contribution in [3.8, 4) is 0 Å². The van der Waals surface area contributed by atoms with Crippen LogP contribution in [0, 0.1) is 5.82 Å². The van der Waals surface area contributed by atoms with Crippen molar-refractivity contribution in [2.75, 3.05) is 5.32 Å². The van der Waals surface area contributed by atoms with E-state index in [1.807, 2.05) is 0 Å². The SMILES string of the molecule is Cn1ccc(NC(=O)N(Cc2ccccc2F)C2CCC2)n1. The lowest BCUT2D eigenvalue weighted by Gasteiger charge is -2.37. The summed E-state index contributed by atoms with van der Waals surface area (Å²) in [5.74, 6) is 0.225. The molecule has 22 heavy (non-hydrogen) atoms. The van der Waals surface area contributed by atoms with Crippen LogP contribution in [0.4, 0.5) is 15.0 Å². The van der Waals surface area contributed by atoms with Gasteiger partial charge in [-0.05, 0) is 25.3 Å². The lowest BCUT2D eigenvalue weighted by Crippen LogP contribution is -2.46. The fourth-order valence-electron chi connectivity index (χ4n) is 2.54. The van der Waals surface area contributed by atoms with Crippen LogP contribution in [0.1, 0.15) is 24.8 Å². The number of benzene rings is 1. The summed E-state index contributed by atoms with van der Waals surface area (Å²) in [5.41, 5.74) is 0.533. The van der Waals surface area contributed by atoms with Gasteiger partial charge in [-0.2, -0.15) is 5.10 Å². The van der Waals surface area contributed by atoms with Gasteiger partial charge in [0.2, 0.25) is 0 Å². The molecule has 0 radical (unpaired) electrons. The molecule has 3 rings (SSSR count). The second kappa shape index (κ2) is 6.17. The van der Waals surface area contributed by atoms with E-state index in [1.165, 1.54) is 6.07 Å². The Morgan fingerprint density at radius 3 is 2.77 bits per heavy atom. The summed E-state index contributed by atoms with van der Waals surface area (Å²) in [6.45, 7) is 0.274. The molecule has 1 saturated carbocycles. The van der Waals surface area contributed by atoms with Crippen LogP contribution in [0.15, 0.2) is 36.5 Å². The minimum atomic E-state index is -0.280. The van der Waals surface area contributed by atoms with Crippen LogP contribution in [0.5, 0.6) is 0 Å². The predicted octanol–water partition coefficient (Wildman–Crippen LogP) is 3.15. The summed E-state index contributed by atoms with van der Waals surface area (Å²) < 4.78 is 15.5. The van der Waals surface area contributed by atoms with Crippen LogP contribution in [-0.2, 0) is 13.6 Å². The zero-order chi connectivity index (χ0) is 15.5. The fraction of sp³-hybridized carbons (Fsp3) is 0.375. The highest BCUT2D eigenvalue weighted by molar-refractivity contribution is 5.88. The molecule has 0 bridgehead atoms. The smallest absolute Gasteiger partial charge is 0.317 e. The fourth-order valence-corrected chi connectivity index (χ4v) is 2.54. The van der Waals surface area contributed by atoms with Crippen LogP contribution < -0.4 is 5.32 Å². The predicted molar refractivity (Wildman–Crippen MR) is 81.8 cm³/mol. The number of aromatic nitrogens is 2. The standard InChI is InChI=1S/C16H19FN4O/c1-20-10-9-15(19-20)18-16(22)21(13-6-4-7-13)11-12-5-2-3-8-14(12)17/h2-3,5,8-10,13H,4,6-7,11H2,1H3,(H,18,19,22). The van der Waals surface area contributed by atoms with Gasteiger partial charge in [-0.25, -0.2) is 9.18 Å². The van der Waals surface area contributed by atoms with Gasteiger partial charge in [0.1, 0.15) is 5.82 Å².